The molecule has 2 heterocycles. The molecule has 1 aliphatic rings. The fourth-order valence-corrected chi connectivity index (χ4v) is 12.7. The van der Waals surface area contributed by atoms with Crippen molar-refractivity contribution in [2.75, 3.05) is 19.8 Å². The third kappa shape index (κ3) is 8.50. The van der Waals surface area contributed by atoms with Crippen LogP contribution >= 0.6 is 0 Å². The van der Waals surface area contributed by atoms with Gasteiger partial charge in [-0.05, 0) is 88.5 Å². The minimum Gasteiger partial charge on any atom is -0.530 e. The predicted octanol–water partition coefficient (Wildman–Crippen LogP) is 11.7. The van der Waals surface area contributed by atoms with Crippen LogP contribution in [0.5, 0.6) is 17.4 Å². The number of hydrogen-bond acceptors (Lipinski definition) is 6. The fourth-order valence-electron chi connectivity index (χ4n) is 7.51. The second kappa shape index (κ2) is 17.0. The van der Waals surface area contributed by atoms with E-state index in [1.54, 1.807) is 0 Å². The Morgan fingerprint density at radius 1 is 0.796 bits per heavy atom. The highest BCUT2D eigenvalue weighted by Crippen LogP contribution is 2.44. The first kappa shape index (κ1) is 36.9. The summed E-state index contributed by atoms with van der Waals surface area (Å²) < 4.78 is 31.6. The number of benzene rings is 3. The Bertz CT molecular complexity index is 1590. The number of aromatic nitrogens is 1. The van der Waals surface area contributed by atoms with Gasteiger partial charge in [0.15, 0.2) is 12.2 Å². The third-order valence-electron chi connectivity index (χ3n) is 9.84. The van der Waals surface area contributed by atoms with Crippen molar-refractivity contribution in [2.24, 2.45) is 0 Å². The van der Waals surface area contributed by atoms with Crippen LogP contribution in [0, 0.1) is 0 Å². The van der Waals surface area contributed by atoms with Gasteiger partial charge in [0.05, 0.1) is 25.4 Å². The molecule has 1 aromatic heterocycles. The molecule has 1 fully saturated rings. The standard InChI is InChI=1S/C42H57NO5Si/c1-9-21-44-38-24-32(28-47-41-16-11-12-23-46-41)25-39(45-22-10-2)42(38)34-19-17-33(18-20-34)36-15-13-14-35-26-40(43-27-37(35)36)48-49(29(3)4,30(5)6)31(7)8/h13-15,17-20,24-27,29-31,41H,9-12,16,21-23,28H2,1-8H3. The molecule has 5 rings (SSSR count). The molecule has 0 saturated carbocycles. The summed E-state index contributed by atoms with van der Waals surface area (Å²) in [5.74, 6) is 2.37. The maximum Gasteiger partial charge on any atom is 0.260 e. The minimum absolute atomic E-state index is 0.153. The molecule has 1 aliphatic heterocycles. The van der Waals surface area contributed by atoms with Crippen LogP contribution < -0.4 is 13.9 Å². The number of hydrogen-bond donors (Lipinski definition) is 0. The lowest BCUT2D eigenvalue weighted by atomic mass is 9.96. The quantitative estimate of drug-likeness (QED) is 0.110. The molecule has 6 nitrogen and oxygen atoms in total. The van der Waals surface area contributed by atoms with Crippen LogP contribution in [0.25, 0.3) is 33.0 Å². The van der Waals surface area contributed by atoms with Gasteiger partial charge < -0.3 is 23.4 Å². The van der Waals surface area contributed by atoms with Gasteiger partial charge in [0.2, 0.25) is 0 Å². The van der Waals surface area contributed by atoms with E-state index in [4.69, 9.17) is 28.4 Å². The minimum atomic E-state index is -2.11. The normalized spacial score (nSPS) is 15.4. The monoisotopic (exact) mass is 683 g/mol. The summed E-state index contributed by atoms with van der Waals surface area (Å²) in [7, 11) is -2.11. The Morgan fingerprint density at radius 2 is 1.43 bits per heavy atom. The van der Waals surface area contributed by atoms with Crippen molar-refractivity contribution in [1.29, 1.82) is 0 Å². The lowest BCUT2D eigenvalue weighted by Gasteiger charge is -2.41. The number of rotatable bonds is 16. The smallest absolute Gasteiger partial charge is 0.260 e. The van der Waals surface area contributed by atoms with E-state index in [-0.39, 0.29) is 6.29 Å². The van der Waals surface area contributed by atoms with E-state index in [1.807, 2.05) is 6.20 Å². The molecule has 0 aliphatic carbocycles. The van der Waals surface area contributed by atoms with Gasteiger partial charge >= 0.3 is 0 Å². The predicted molar refractivity (Wildman–Crippen MR) is 204 cm³/mol. The van der Waals surface area contributed by atoms with Crippen molar-refractivity contribution in [3.8, 4) is 39.6 Å². The SMILES string of the molecule is CCCOc1cc(COC2CCCCO2)cc(OCCC)c1-c1ccc(-c2cccc3cc(O[Si](C(C)C)(C(C)C)C(C)C)ncc23)cc1. The lowest BCUT2D eigenvalue weighted by Crippen LogP contribution is -2.50. The van der Waals surface area contributed by atoms with Crippen LogP contribution in [-0.4, -0.2) is 39.4 Å². The highest BCUT2D eigenvalue weighted by molar-refractivity contribution is 6.78. The average molecular weight is 684 g/mol. The summed E-state index contributed by atoms with van der Waals surface area (Å²) >= 11 is 0. The summed E-state index contributed by atoms with van der Waals surface area (Å²) in [5, 5.41) is 2.24. The third-order valence-corrected chi connectivity index (χ3v) is 15.8. The average Bonchev–Trinajstić information content (AvgIpc) is 3.10. The number of nitrogens with zero attached hydrogens (tertiary/aromatic N) is 1. The van der Waals surface area contributed by atoms with Crippen LogP contribution in [0.3, 0.4) is 0 Å². The van der Waals surface area contributed by atoms with E-state index in [9.17, 15) is 0 Å². The first-order valence-corrected chi connectivity index (χ1v) is 20.7. The molecule has 0 spiro atoms. The van der Waals surface area contributed by atoms with Crippen LogP contribution in [-0.2, 0) is 16.1 Å². The first-order valence-electron chi connectivity index (χ1n) is 18.5. The van der Waals surface area contributed by atoms with Gasteiger partial charge in [-0.25, -0.2) is 4.98 Å². The van der Waals surface area contributed by atoms with E-state index >= 15 is 0 Å². The van der Waals surface area contributed by atoms with Crippen LogP contribution in [0.2, 0.25) is 16.6 Å². The summed E-state index contributed by atoms with van der Waals surface area (Å²) in [5.41, 5.74) is 6.77. The van der Waals surface area contributed by atoms with Gasteiger partial charge in [0.25, 0.3) is 8.32 Å². The van der Waals surface area contributed by atoms with Crippen molar-refractivity contribution >= 4 is 19.1 Å². The Hall–Kier alpha value is -3.39. The Morgan fingerprint density at radius 3 is 2.00 bits per heavy atom. The zero-order chi connectivity index (χ0) is 35.0. The second-order valence-electron chi connectivity index (χ2n) is 14.3. The molecule has 49 heavy (non-hydrogen) atoms. The van der Waals surface area contributed by atoms with E-state index in [2.05, 4.69) is 116 Å². The Labute approximate surface area is 295 Å². The second-order valence-corrected chi connectivity index (χ2v) is 19.7. The van der Waals surface area contributed by atoms with Gasteiger partial charge in [-0.2, -0.15) is 0 Å². The topological polar surface area (TPSA) is 59.0 Å². The first-order chi connectivity index (χ1) is 23.7. The van der Waals surface area contributed by atoms with Gasteiger partial charge in [0.1, 0.15) is 11.5 Å². The summed E-state index contributed by atoms with van der Waals surface area (Å²) in [6.07, 6.45) is 6.83. The summed E-state index contributed by atoms with van der Waals surface area (Å²) in [4.78, 5) is 4.88. The van der Waals surface area contributed by atoms with E-state index in [1.165, 1.54) is 0 Å². The summed E-state index contributed by atoms with van der Waals surface area (Å²) in [6.45, 7) is 20.6. The molecule has 0 radical (unpaired) electrons. The lowest BCUT2D eigenvalue weighted by molar-refractivity contribution is -0.168. The number of fused-ring (bicyclic) bond motifs is 1. The van der Waals surface area contributed by atoms with Crippen molar-refractivity contribution in [1.82, 2.24) is 4.98 Å². The molecule has 3 aromatic carbocycles. The molecule has 1 unspecified atom stereocenters. The zero-order valence-electron chi connectivity index (χ0n) is 31.0. The summed E-state index contributed by atoms with van der Waals surface area (Å²) in [6, 6.07) is 21.5. The van der Waals surface area contributed by atoms with Crippen molar-refractivity contribution in [3.63, 3.8) is 0 Å². The molecular formula is C42H57NO5Si. The van der Waals surface area contributed by atoms with Crippen molar-refractivity contribution in [2.45, 2.75) is 117 Å². The van der Waals surface area contributed by atoms with Gasteiger partial charge in [-0.3, -0.25) is 0 Å². The number of ether oxygens (including phenoxy) is 4. The largest absolute Gasteiger partial charge is 0.530 e. The molecule has 0 amide bonds. The molecule has 0 bridgehead atoms. The molecule has 1 saturated heterocycles. The van der Waals surface area contributed by atoms with Gasteiger partial charge in [-0.15, -0.1) is 0 Å². The van der Waals surface area contributed by atoms with Crippen LogP contribution in [0.4, 0.5) is 0 Å². The Kier molecular flexibility index (Phi) is 12.8. The van der Waals surface area contributed by atoms with Crippen LogP contribution in [0.15, 0.2) is 66.9 Å². The van der Waals surface area contributed by atoms with Crippen molar-refractivity contribution < 1.29 is 23.4 Å². The van der Waals surface area contributed by atoms with Crippen molar-refractivity contribution in [3.05, 3.63) is 72.4 Å². The zero-order valence-corrected chi connectivity index (χ0v) is 32.0. The van der Waals surface area contributed by atoms with E-state index < -0.39 is 8.32 Å². The molecule has 4 aromatic rings. The molecule has 7 heteroatoms. The van der Waals surface area contributed by atoms with Gasteiger partial charge in [-0.1, -0.05) is 97.9 Å². The number of pyridine rings is 1. The van der Waals surface area contributed by atoms with Gasteiger partial charge in [0, 0.05) is 24.3 Å². The highest BCUT2D eigenvalue weighted by Gasteiger charge is 2.47. The van der Waals surface area contributed by atoms with E-state index in [0.717, 1.165) is 94.7 Å². The highest BCUT2D eigenvalue weighted by atomic mass is 28.4. The molecule has 1 atom stereocenters. The fraction of sp³-hybridized carbons (Fsp3) is 0.500. The maximum atomic E-state index is 6.93. The Balaban J connectivity index is 1.46. The molecule has 264 valence electrons. The van der Waals surface area contributed by atoms with Crippen LogP contribution in [0.1, 0.15) is 93.1 Å². The maximum absolute atomic E-state index is 6.93. The molecular weight excluding hydrogens is 627 g/mol. The molecule has 0 N–H and O–H groups in total. The van der Waals surface area contributed by atoms with E-state index in [0.29, 0.717) is 36.4 Å².